The number of hydrogen-bond acceptors (Lipinski definition) is 7. The van der Waals surface area contributed by atoms with Crippen molar-refractivity contribution >= 4 is 17.2 Å². The first-order valence-electron chi connectivity index (χ1n) is 8.56. The monoisotopic (exact) mass is 372 g/mol. The molecule has 0 radical (unpaired) electrons. The van der Waals surface area contributed by atoms with Crippen LogP contribution in [0.15, 0.2) is 10.7 Å². The average Bonchev–Trinajstić information content (AvgIpc) is 3.33. The fourth-order valence-electron chi connectivity index (χ4n) is 3.07. The van der Waals surface area contributed by atoms with Gasteiger partial charge >= 0.3 is 0 Å². The predicted octanol–water partition coefficient (Wildman–Crippen LogP) is 2.65. The topological polar surface area (TPSA) is 89.9 Å². The summed E-state index contributed by atoms with van der Waals surface area (Å²) in [6.07, 6.45) is 2.20. The van der Waals surface area contributed by atoms with Crippen LogP contribution in [0.3, 0.4) is 0 Å². The fourth-order valence-corrected chi connectivity index (χ4v) is 4.14. The van der Waals surface area contributed by atoms with Crippen molar-refractivity contribution in [1.82, 2.24) is 30.1 Å². The van der Waals surface area contributed by atoms with Gasteiger partial charge in [-0.2, -0.15) is 4.68 Å². The second-order valence-corrected chi connectivity index (χ2v) is 7.97. The smallest absolute Gasteiger partial charge is 0.257 e. The first-order chi connectivity index (χ1) is 12.5. The Morgan fingerprint density at radius 2 is 2.15 bits per heavy atom. The van der Waals surface area contributed by atoms with E-state index in [1.165, 1.54) is 17.7 Å². The number of carbonyl (C=O) groups excluding carboxylic acids is 1. The molecule has 136 valence electrons. The predicted molar refractivity (Wildman–Crippen MR) is 95.5 cm³/mol. The highest BCUT2D eigenvalue weighted by Gasteiger charge is 2.30. The van der Waals surface area contributed by atoms with Crippen LogP contribution in [0.4, 0.5) is 0 Å². The van der Waals surface area contributed by atoms with E-state index < -0.39 is 0 Å². The first-order valence-corrected chi connectivity index (χ1v) is 9.38. The summed E-state index contributed by atoms with van der Waals surface area (Å²) in [4.78, 5) is 20.8. The lowest BCUT2D eigenvalue weighted by Crippen LogP contribution is -2.36. The standard InChI is InChI=1S/C17H20N6O2S/c1-9(2)15-19-12-7-22(6-5-13(12)25-15)16(24)14-10(3)11(4)26-17(14)23-8-18-20-21-23/h8-9H,5-7H2,1-4H3. The molecule has 0 N–H and O–H groups in total. The number of oxazole rings is 1. The number of nitrogens with zero attached hydrogens (tertiary/aromatic N) is 6. The molecule has 0 saturated carbocycles. The molecule has 3 aromatic rings. The number of thiophene rings is 1. The number of aryl methyl sites for hydroxylation is 1. The van der Waals surface area contributed by atoms with Gasteiger partial charge in [0.2, 0.25) is 0 Å². The maximum atomic E-state index is 13.3. The van der Waals surface area contributed by atoms with Gasteiger partial charge in [-0.05, 0) is 29.8 Å². The van der Waals surface area contributed by atoms with Crippen molar-refractivity contribution in [2.75, 3.05) is 6.54 Å². The normalized spacial score (nSPS) is 14.1. The third-order valence-electron chi connectivity index (χ3n) is 4.66. The average molecular weight is 372 g/mol. The minimum atomic E-state index is -0.0166. The number of fused-ring (bicyclic) bond motifs is 1. The van der Waals surface area contributed by atoms with Gasteiger partial charge in [0.05, 0.1) is 12.1 Å². The van der Waals surface area contributed by atoms with Gasteiger partial charge in [0.25, 0.3) is 5.91 Å². The lowest BCUT2D eigenvalue weighted by Gasteiger charge is -2.25. The van der Waals surface area contributed by atoms with Crippen LogP contribution in [0.5, 0.6) is 0 Å². The van der Waals surface area contributed by atoms with Crippen LogP contribution < -0.4 is 0 Å². The summed E-state index contributed by atoms with van der Waals surface area (Å²) < 4.78 is 7.39. The second kappa shape index (κ2) is 6.31. The minimum absolute atomic E-state index is 0.0166. The molecular formula is C17H20N6O2S. The van der Waals surface area contributed by atoms with E-state index in [2.05, 4.69) is 34.4 Å². The lowest BCUT2D eigenvalue weighted by atomic mass is 10.1. The van der Waals surface area contributed by atoms with Gasteiger partial charge in [0, 0.05) is 23.8 Å². The summed E-state index contributed by atoms with van der Waals surface area (Å²) in [5, 5.41) is 12.1. The number of tetrazole rings is 1. The molecule has 8 nitrogen and oxygen atoms in total. The third kappa shape index (κ3) is 2.72. The summed E-state index contributed by atoms with van der Waals surface area (Å²) in [6, 6.07) is 0. The quantitative estimate of drug-likeness (QED) is 0.702. The molecular weight excluding hydrogens is 352 g/mol. The lowest BCUT2D eigenvalue weighted by molar-refractivity contribution is 0.0727. The Morgan fingerprint density at radius 1 is 1.35 bits per heavy atom. The number of carbonyl (C=O) groups is 1. The largest absolute Gasteiger partial charge is 0.445 e. The van der Waals surface area contributed by atoms with Crippen molar-refractivity contribution in [3.8, 4) is 5.00 Å². The zero-order valence-corrected chi connectivity index (χ0v) is 16.0. The Hall–Kier alpha value is -2.55. The van der Waals surface area contributed by atoms with Crippen LogP contribution in [0.25, 0.3) is 5.00 Å². The van der Waals surface area contributed by atoms with Crippen LogP contribution in [0.2, 0.25) is 0 Å². The summed E-state index contributed by atoms with van der Waals surface area (Å²) in [6.45, 7) is 9.16. The molecule has 0 aliphatic carbocycles. The highest BCUT2D eigenvalue weighted by molar-refractivity contribution is 7.15. The van der Waals surface area contributed by atoms with E-state index in [-0.39, 0.29) is 11.8 Å². The van der Waals surface area contributed by atoms with Gasteiger partial charge in [-0.1, -0.05) is 13.8 Å². The van der Waals surface area contributed by atoms with Crippen molar-refractivity contribution in [2.45, 2.75) is 46.6 Å². The van der Waals surface area contributed by atoms with Gasteiger partial charge in [-0.3, -0.25) is 4.79 Å². The number of aromatic nitrogens is 5. The highest BCUT2D eigenvalue weighted by Crippen LogP contribution is 2.32. The maximum Gasteiger partial charge on any atom is 0.257 e. The van der Waals surface area contributed by atoms with Gasteiger partial charge < -0.3 is 9.32 Å². The Bertz CT molecular complexity index is 956. The summed E-state index contributed by atoms with van der Waals surface area (Å²) >= 11 is 1.52. The zero-order valence-electron chi connectivity index (χ0n) is 15.2. The van der Waals surface area contributed by atoms with E-state index in [4.69, 9.17) is 4.42 Å². The summed E-state index contributed by atoms with van der Waals surface area (Å²) in [5.41, 5.74) is 2.50. The fraction of sp³-hybridized carbons (Fsp3) is 0.471. The van der Waals surface area contributed by atoms with Crippen molar-refractivity contribution in [3.05, 3.63) is 39.7 Å². The molecule has 26 heavy (non-hydrogen) atoms. The molecule has 0 spiro atoms. The molecule has 0 unspecified atom stereocenters. The van der Waals surface area contributed by atoms with Gasteiger partial charge in [0.15, 0.2) is 5.89 Å². The molecule has 1 amide bonds. The molecule has 0 saturated heterocycles. The van der Waals surface area contributed by atoms with Gasteiger partial charge in [-0.25, -0.2) is 4.98 Å². The molecule has 9 heteroatoms. The van der Waals surface area contributed by atoms with Crippen molar-refractivity contribution < 1.29 is 9.21 Å². The molecule has 1 aliphatic heterocycles. The Morgan fingerprint density at radius 3 is 2.85 bits per heavy atom. The molecule has 4 heterocycles. The number of rotatable bonds is 3. The van der Waals surface area contributed by atoms with Crippen molar-refractivity contribution in [1.29, 1.82) is 0 Å². The summed E-state index contributed by atoms with van der Waals surface area (Å²) in [7, 11) is 0. The van der Waals surface area contributed by atoms with Crippen molar-refractivity contribution in [2.24, 2.45) is 0 Å². The zero-order chi connectivity index (χ0) is 18.4. The van der Waals surface area contributed by atoms with Crippen LogP contribution in [0.1, 0.15) is 57.9 Å². The number of amides is 1. The Kier molecular flexibility index (Phi) is 4.10. The maximum absolute atomic E-state index is 13.3. The van der Waals surface area contributed by atoms with E-state index >= 15 is 0 Å². The molecule has 0 bridgehead atoms. The summed E-state index contributed by atoms with van der Waals surface area (Å²) in [5.74, 6) is 1.85. The van der Waals surface area contributed by atoms with E-state index in [0.29, 0.717) is 25.1 Å². The SMILES string of the molecule is Cc1sc(-n2cnnn2)c(C(=O)N2CCc3oc(C(C)C)nc3C2)c1C. The second-order valence-electron chi connectivity index (χ2n) is 6.77. The van der Waals surface area contributed by atoms with Crippen molar-refractivity contribution in [3.63, 3.8) is 0 Å². The molecule has 0 fully saturated rings. The van der Waals surface area contributed by atoms with Crippen LogP contribution in [0, 0.1) is 13.8 Å². The van der Waals surface area contributed by atoms with E-state index in [9.17, 15) is 4.79 Å². The highest BCUT2D eigenvalue weighted by atomic mass is 32.1. The molecule has 0 aromatic carbocycles. The van der Waals surface area contributed by atoms with E-state index in [0.717, 1.165) is 32.8 Å². The van der Waals surface area contributed by atoms with Gasteiger partial charge in [0.1, 0.15) is 22.8 Å². The minimum Gasteiger partial charge on any atom is -0.445 e. The molecule has 3 aromatic heterocycles. The van der Waals surface area contributed by atoms with E-state index in [1.54, 1.807) is 4.68 Å². The number of hydrogen-bond donors (Lipinski definition) is 0. The van der Waals surface area contributed by atoms with Crippen LogP contribution in [-0.2, 0) is 13.0 Å². The molecule has 4 rings (SSSR count). The molecule has 1 aliphatic rings. The molecule has 0 atom stereocenters. The van der Waals surface area contributed by atoms with Gasteiger partial charge in [-0.15, -0.1) is 16.4 Å². The Balaban J connectivity index is 1.67. The first kappa shape index (κ1) is 16.9. The Labute approximate surface area is 154 Å². The van der Waals surface area contributed by atoms with E-state index in [1.807, 2.05) is 18.7 Å². The third-order valence-corrected chi connectivity index (χ3v) is 5.86. The van der Waals surface area contributed by atoms with Crippen LogP contribution in [-0.4, -0.2) is 42.5 Å². The van der Waals surface area contributed by atoms with Crippen LogP contribution >= 0.6 is 11.3 Å².